The Labute approximate surface area is 73.8 Å². The third-order valence-electron chi connectivity index (χ3n) is 3.14. The van der Waals surface area contributed by atoms with Gasteiger partial charge in [0.2, 0.25) is 0 Å². The van der Waals surface area contributed by atoms with Gasteiger partial charge in [-0.05, 0) is 32.4 Å². The van der Waals surface area contributed by atoms with Crippen molar-refractivity contribution < 1.29 is 5.11 Å². The third kappa shape index (κ3) is 1.49. The van der Waals surface area contributed by atoms with Crippen molar-refractivity contribution in [3.05, 3.63) is 0 Å². The maximum Gasteiger partial charge on any atom is 0.0587 e. The zero-order valence-corrected chi connectivity index (χ0v) is 7.50. The van der Waals surface area contributed by atoms with Gasteiger partial charge in [-0.25, -0.2) is 0 Å². The van der Waals surface area contributed by atoms with Gasteiger partial charge in [-0.3, -0.25) is 4.90 Å². The van der Waals surface area contributed by atoms with Crippen LogP contribution in [0.2, 0.25) is 0 Å². The fourth-order valence-corrected chi connectivity index (χ4v) is 2.46. The van der Waals surface area contributed by atoms with E-state index in [9.17, 15) is 0 Å². The van der Waals surface area contributed by atoms with E-state index in [0.717, 1.165) is 13.1 Å². The first-order valence-corrected chi connectivity index (χ1v) is 4.99. The maximum absolute atomic E-state index is 9.13. The highest BCUT2D eigenvalue weighted by Crippen LogP contribution is 2.22. The van der Waals surface area contributed by atoms with Crippen LogP contribution in [-0.2, 0) is 0 Å². The molecule has 2 aliphatic heterocycles. The highest BCUT2D eigenvalue weighted by molar-refractivity contribution is 4.88. The van der Waals surface area contributed by atoms with E-state index in [1.807, 2.05) is 0 Å². The van der Waals surface area contributed by atoms with Crippen LogP contribution in [0.25, 0.3) is 0 Å². The predicted molar refractivity (Wildman–Crippen MR) is 48.1 cm³/mol. The van der Waals surface area contributed by atoms with Crippen molar-refractivity contribution in [3.8, 4) is 0 Å². The Hall–Kier alpha value is -0.120. The molecule has 2 fully saturated rings. The van der Waals surface area contributed by atoms with Gasteiger partial charge < -0.3 is 10.4 Å². The standard InChI is InChI=1S/C9H18N2O/c12-7-9-2-1-5-11(9)8-3-4-10-6-8/h8-10,12H,1-7H2/t8?,9-/m0/s1. The Bertz CT molecular complexity index is 145. The summed E-state index contributed by atoms with van der Waals surface area (Å²) in [6.45, 7) is 3.81. The molecule has 70 valence electrons. The molecule has 0 aromatic heterocycles. The second-order valence-electron chi connectivity index (χ2n) is 3.86. The monoisotopic (exact) mass is 170 g/mol. The van der Waals surface area contributed by atoms with Crippen molar-refractivity contribution in [2.45, 2.75) is 31.3 Å². The Morgan fingerprint density at radius 1 is 1.42 bits per heavy atom. The summed E-state index contributed by atoms with van der Waals surface area (Å²) in [6, 6.07) is 1.15. The maximum atomic E-state index is 9.13. The first kappa shape index (κ1) is 8.48. The minimum atomic E-state index is 0.344. The molecule has 0 saturated carbocycles. The van der Waals surface area contributed by atoms with E-state index in [1.165, 1.54) is 25.8 Å². The van der Waals surface area contributed by atoms with Crippen LogP contribution in [0.5, 0.6) is 0 Å². The van der Waals surface area contributed by atoms with Crippen LogP contribution in [-0.4, -0.2) is 48.3 Å². The molecule has 3 nitrogen and oxygen atoms in total. The van der Waals surface area contributed by atoms with E-state index < -0.39 is 0 Å². The topological polar surface area (TPSA) is 35.5 Å². The number of hydrogen-bond donors (Lipinski definition) is 2. The van der Waals surface area contributed by atoms with E-state index in [1.54, 1.807) is 0 Å². The van der Waals surface area contributed by atoms with E-state index in [0.29, 0.717) is 18.7 Å². The molecule has 2 saturated heterocycles. The molecule has 12 heavy (non-hydrogen) atoms. The molecule has 1 unspecified atom stereocenters. The Morgan fingerprint density at radius 3 is 3.00 bits per heavy atom. The zero-order chi connectivity index (χ0) is 8.39. The predicted octanol–water partition coefficient (Wildman–Crippen LogP) is -0.195. The van der Waals surface area contributed by atoms with Gasteiger partial charge in [-0.2, -0.15) is 0 Å². The minimum absolute atomic E-state index is 0.344. The molecule has 2 N–H and O–H groups in total. The van der Waals surface area contributed by atoms with E-state index >= 15 is 0 Å². The van der Waals surface area contributed by atoms with Crippen LogP contribution in [0.4, 0.5) is 0 Å². The Morgan fingerprint density at radius 2 is 2.33 bits per heavy atom. The number of aliphatic hydroxyl groups is 1. The van der Waals surface area contributed by atoms with E-state index in [-0.39, 0.29) is 0 Å². The number of likely N-dealkylation sites (tertiary alicyclic amines) is 1. The number of nitrogens with one attached hydrogen (secondary N) is 1. The molecule has 0 aromatic carbocycles. The van der Waals surface area contributed by atoms with Crippen molar-refractivity contribution in [1.82, 2.24) is 10.2 Å². The molecule has 2 rings (SSSR count). The lowest BCUT2D eigenvalue weighted by molar-refractivity contribution is 0.126. The van der Waals surface area contributed by atoms with Crippen molar-refractivity contribution in [2.75, 3.05) is 26.2 Å². The van der Waals surface area contributed by atoms with Crippen molar-refractivity contribution in [2.24, 2.45) is 0 Å². The number of nitrogens with zero attached hydrogens (tertiary/aromatic N) is 1. The van der Waals surface area contributed by atoms with Crippen molar-refractivity contribution in [1.29, 1.82) is 0 Å². The summed E-state index contributed by atoms with van der Waals surface area (Å²) < 4.78 is 0. The lowest BCUT2D eigenvalue weighted by atomic mass is 10.2. The van der Waals surface area contributed by atoms with Gasteiger partial charge in [-0.1, -0.05) is 0 Å². The van der Waals surface area contributed by atoms with Crippen molar-refractivity contribution in [3.63, 3.8) is 0 Å². The van der Waals surface area contributed by atoms with Gasteiger partial charge in [0.1, 0.15) is 0 Å². The summed E-state index contributed by atoms with van der Waals surface area (Å²) in [7, 11) is 0. The molecule has 0 aromatic rings. The molecule has 0 spiro atoms. The number of aliphatic hydroxyl groups excluding tert-OH is 1. The van der Waals surface area contributed by atoms with Crippen LogP contribution >= 0.6 is 0 Å². The lowest BCUT2D eigenvalue weighted by Crippen LogP contribution is -2.41. The Balaban J connectivity index is 1.92. The van der Waals surface area contributed by atoms with Gasteiger partial charge in [0, 0.05) is 18.6 Å². The third-order valence-corrected chi connectivity index (χ3v) is 3.14. The molecule has 0 amide bonds. The highest BCUT2D eigenvalue weighted by Gasteiger charge is 2.31. The molecule has 0 aliphatic carbocycles. The van der Waals surface area contributed by atoms with Crippen LogP contribution in [0.3, 0.4) is 0 Å². The average Bonchev–Trinajstić information content (AvgIpc) is 2.74. The summed E-state index contributed by atoms with van der Waals surface area (Å²) in [5.41, 5.74) is 0. The number of hydrogen-bond acceptors (Lipinski definition) is 3. The highest BCUT2D eigenvalue weighted by atomic mass is 16.3. The summed E-state index contributed by atoms with van der Waals surface area (Å²) in [5, 5.41) is 12.5. The number of rotatable bonds is 2. The second-order valence-corrected chi connectivity index (χ2v) is 3.86. The second kappa shape index (κ2) is 3.73. The van der Waals surface area contributed by atoms with Gasteiger partial charge in [0.25, 0.3) is 0 Å². The molecular formula is C9H18N2O. The van der Waals surface area contributed by atoms with Gasteiger partial charge in [0.15, 0.2) is 0 Å². The molecule has 0 bridgehead atoms. The van der Waals surface area contributed by atoms with Gasteiger partial charge in [-0.15, -0.1) is 0 Å². The van der Waals surface area contributed by atoms with Crippen LogP contribution in [0.1, 0.15) is 19.3 Å². The molecule has 2 heterocycles. The fourth-order valence-electron chi connectivity index (χ4n) is 2.46. The first-order valence-electron chi connectivity index (χ1n) is 4.99. The summed E-state index contributed by atoms with van der Waals surface area (Å²) in [5.74, 6) is 0. The van der Waals surface area contributed by atoms with Crippen LogP contribution in [0, 0.1) is 0 Å². The lowest BCUT2D eigenvalue weighted by Gasteiger charge is -2.28. The summed E-state index contributed by atoms with van der Waals surface area (Å²) in [6.07, 6.45) is 3.71. The largest absolute Gasteiger partial charge is 0.395 e. The molecule has 2 atom stereocenters. The quantitative estimate of drug-likeness (QED) is 0.603. The van der Waals surface area contributed by atoms with Gasteiger partial charge >= 0.3 is 0 Å². The average molecular weight is 170 g/mol. The minimum Gasteiger partial charge on any atom is -0.395 e. The van der Waals surface area contributed by atoms with Crippen molar-refractivity contribution >= 4 is 0 Å². The summed E-state index contributed by atoms with van der Waals surface area (Å²) in [4.78, 5) is 2.49. The normalized spacial score (nSPS) is 37.8. The summed E-state index contributed by atoms with van der Waals surface area (Å²) >= 11 is 0. The molecule has 2 aliphatic rings. The molecule has 3 heteroatoms. The molecular weight excluding hydrogens is 152 g/mol. The zero-order valence-electron chi connectivity index (χ0n) is 7.50. The van der Waals surface area contributed by atoms with Crippen LogP contribution in [0.15, 0.2) is 0 Å². The fraction of sp³-hybridized carbons (Fsp3) is 1.00. The van der Waals surface area contributed by atoms with Gasteiger partial charge in [0.05, 0.1) is 6.61 Å². The Kier molecular flexibility index (Phi) is 2.63. The van der Waals surface area contributed by atoms with E-state index in [2.05, 4.69) is 10.2 Å². The molecule has 0 radical (unpaired) electrons. The SMILES string of the molecule is OC[C@@H]1CCCN1C1CCNC1. The van der Waals surface area contributed by atoms with Crippen LogP contribution < -0.4 is 5.32 Å². The smallest absolute Gasteiger partial charge is 0.0587 e. The first-order chi connectivity index (χ1) is 5.92. The van der Waals surface area contributed by atoms with E-state index in [4.69, 9.17) is 5.11 Å².